The van der Waals surface area contributed by atoms with Gasteiger partial charge >= 0.3 is 0 Å². The zero-order valence-electron chi connectivity index (χ0n) is 19.8. The number of aromatic nitrogens is 4. The number of halogens is 1. The van der Waals surface area contributed by atoms with Crippen LogP contribution in [0.15, 0.2) is 90.2 Å². The van der Waals surface area contributed by atoms with Crippen LogP contribution < -0.4 is 10.1 Å². The van der Waals surface area contributed by atoms with Crippen molar-refractivity contribution in [2.45, 2.75) is 11.6 Å². The van der Waals surface area contributed by atoms with Crippen molar-refractivity contribution < 1.29 is 13.9 Å². The molecule has 186 valence electrons. The first-order valence-corrected chi connectivity index (χ1v) is 13.2. The van der Waals surface area contributed by atoms with E-state index in [4.69, 9.17) is 4.74 Å². The number of rotatable bonds is 9. The highest BCUT2D eigenvalue weighted by atomic mass is 32.2. The van der Waals surface area contributed by atoms with E-state index in [0.717, 1.165) is 27.4 Å². The van der Waals surface area contributed by atoms with Crippen LogP contribution in [0.2, 0.25) is 0 Å². The molecule has 0 bridgehead atoms. The highest BCUT2D eigenvalue weighted by Crippen LogP contribution is 2.29. The number of nitrogens with zero attached hydrogens (tertiary/aromatic N) is 4. The molecule has 2 aromatic heterocycles. The summed E-state index contributed by atoms with van der Waals surface area (Å²) in [5.41, 5.74) is 2.75. The van der Waals surface area contributed by atoms with Crippen molar-refractivity contribution in [1.29, 1.82) is 0 Å². The molecule has 1 N–H and O–H groups in total. The Morgan fingerprint density at radius 3 is 2.51 bits per heavy atom. The first-order chi connectivity index (χ1) is 18.1. The Balaban J connectivity index is 1.28. The first kappa shape index (κ1) is 24.7. The smallest absolute Gasteiger partial charge is 0.236 e. The van der Waals surface area contributed by atoms with Gasteiger partial charge in [-0.3, -0.25) is 9.36 Å². The van der Waals surface area contributed by atoms with Crippen LogP contribution >= 0.6 is 23.1 Å². The van der Waals surface area contributed by atoms with Gasteiger partial charge in [-0.2, -0.15) is 0 Å². The Kier molecular flexibility index (Phi) is 7.57. The summed E-state index contributed by atoms with van der Waals surface area (Å²) in [4.78, 5) is 18.0. The van der Waals surface area contributed by atoms with Gasteiger partial charge in [-0.05, 0) is 54.1 Å². The Morgan fingerprint density at radius 1 is 1.03 bits per heavy atom. The second kappa shape index (κ2) is 11.4. The van der Waals surface area contributed by atoms with Crippen LogP contribution in [0.5, 0.6) is 5.75 Å². The summed E-state index contributed by atoms with van der Waals surface area (Å²) in [6.45, 7) is 0. The number of thiazole rings is 1. The number of benzene rings is 3. The maximum absolute atomic E-state index is 13.1. The van der Waals surface area contributed by atoms with Gasteiger partial charge in [0.05, 0.1) is 12.9 Å². The summed E-state index contributed by atoms with van der Waals surface area (Å²) < 4.78 is 20.3. The number of carbonyl (C=O) groups excluding carboxylic acids is 1. The zero-order chi connectivity index (χ0) is 25.6. The third-order valence-corrected chi connectivity index (χ3v) is 7.26. The Labute approximate surface area is 221 Å². The van der Waals surface area contributed by atoms with Crippen LogP contribution in [-0.2, 0) is 11.2 Å². The van der Waals surface area contributed by atoms with Gasteiger partial charge in [0.25, 0.3) is 0 Å². The second-order valence-corrected chi connectivity index (χ2v) is 10.0. The Morgan fingerprint density at radius 2 is 1.78 bits per heavy atom. The van der Waals surface area contributed by atoms with Gasteiger partial charge in [0, 0.05) is 28.7 Å². The molecule has 0 atom stereocenters. The van der Waals surface area contributed by atoms with E-state index in [1.54, 1.807) is 25.4 Å². The number of hydrogen-bond donors (Lipinski definition) is 1. The van der Waals surface area contributed by atoms with E-state index in [9.17, 15) is 9.18 Å². The molecular formula is C27H22FN5O2S2. The lowest BCUT2D eigenvalue weighted by Crippen LogP contribution is -2.14. The van der Waals surface area contributed by atoms with Crippen molar-refractivity contribution >= 4 is 34.1 Å². The molecule has 37 heavy (non-hydrogen) atoms. The SMILES string of the molecule is COc1ccc(-c2nnc(SCC(=O)Nc3ncc(Cc4ccc(F)cc4)s3)n2-c2ccccc2)cc1. The summed E-state index contributed by atoms with van der Waals surface area (Å²) in [6.07, 6.45) is 2.35. The lowest BCUT2D eigenvalue weighted by atomic mass is 10.1. The lowest BCUT2D eigenvalue weighted by Gasteiger charge is -2.10. The van der Waals surface area contributed by atoms with Gasteiger partial charge in [-0.25, -0.2) is 9.37 Å². The van der Waals surface area contributed by atoms with Crippen LogP contribution in [0, 0.1) is 5.82 Å². The average molecular weight is 532 g/mol. The molecule has 0 spiro atoms. The van der Waals surface area contributed by atoms with E-state index in [-0.39, 0.29) is 17.5 Å². The summed E-state index contributed by atoms with van der Waals surface area (Å²) in [5, 5.41) is 12.8. The monoisotopic (exact) mass is 531 g/mol. The summed E-state index contributed by atoms with van der Waals surface area (Å²) >= 11 is 2.69. The minimum absolute atomic E-state index is 0.139. The highest BCUT2D eigenvalue weighted by Gasteiger charge is 2.18. The van der Waals surface area contributed by atoms with Crippen molar-refractivity contribution in [2.75, 3.05) is 18.2 Å². The van der Waals surface area contributed by atoms with Crippen molar-refractivity contribution in [1.82, 2.24) is 19.7 Å². The van der Waals surface area contributed by atoms with Crippen molar-refractivity contribution in [3.63, 3.8) is 0 Å². The van der Waals surface area contributed by atoms with Crippen LogP contribution in [0.25, 0.3) is 17.1 Å². The molecule has 2 heterocycles. The van der Waals surface area contributed by atoms with Crippen LogP contribution in [-0.4, -0.2) is 38.5 Å². The van der Waals surface area contributed by atoms with E-state index in [0.29, 0.717) is 22.5 Å². The van der Waals surface area contributed by atoms with Crippen LogP contribution in [0.3, 0.4) is 0 Å². The van der Waals surface area contributed by atoms with E-state index in [1.807, 2.05) is 59.2 Å². The molecule has 5 rings (SSSR count). The minimum Gasteiger partial charge on any atom is -0.497 e. The van der Waals surface area contributed by atoms with Crippen LogP contribution in [0.1, 0.15) is 10.4 Å². The quantitative estimate of drug-likeness (QED) is 0.240. The van der Waals surface area contributed by atoms with E-state index < -0.39 is 0 Å². The van der Waals surface area contributed by atoms with Crippen LogP contribution in [0.4, 0.5) is 9.52 Å². The molecular weight excluding hydrogens is 509 g/mol. The number of ether oxygens (including phenoxy) is 1. The highest BCUT2D eigenvalue weighted by molar-refractivity contribution is 7.99. The molecule has 3 aromatic carbocycles. The lowest BCUT2D eigenvalue weighted by molar-refractivity contribution is -0.113. The molecule has 1 amide bonds. The predicted molar refractivity (Wildman–Crippen MR) is 144 cm³/mol. The molecule has 0 radical (unpaired) electrons. The predicted octanol–water partition coefficient (Wildman–Crippen LogP) is 5.86. The van der Waals surface area contributed by atoms with Gasteiger partial charge in [0.1, 0.15) is 11.6 Å². The number of methoxy groups -OCH3 is 1. The first-order valence-electron chi connectivity index (χ1n) is 11.4. The molecule has 10 heteroatoms. The maximum Gasteiger partial charge on any atom is 0.236 e. The fourth-order valence-electron chi connectivity index (χ4n) is 3.64. The topological polar surface area (TPSA) is 81.9 Å². The number of hydrogen-bond acceptors (Lipinski definition) is 7. The van der Waals surface area contributed by atoms with Gasteiger partial charge in [0.15, 0.2) is 16.1 Å². The maximum atomic E-state index is 13.1. The molecule has 0 aliphatic carbocycles. The van der Waals surface area contributed by atoms with Crippen molar-refractivity contribution in [2.24, 2.45) is 0 Å². The molecule has 0 saturated carbocycles. The van der Waals surface area contributed by atoms with E-state index in [1.165, 1.54) is 35.2 Å². The Hall–Kier alpha value is -4.02. The molecule has 0 aliphatic heterocycles. The number of para-hydroxylation sites is 1. The third kappa shape index (κ3) is 6.04. The molecule has 0 saturated heterocycles. The fraction of sp³-hybridized carbons (Fsp3) is 0.111. The number of anilines is 1. The number of nitrogens with one attached hydrogen (secondary N) is 1. The molecule has 5 aromatic rings. The number of thioether (sulfide) groups is 1. The van der Waals surface area contributed by atoms with Gasteiger partial charge < -0.3 is 10.1 Å². The van der Waals surface area contributed by atoms with E-state index >= 15 is 0 Å². The average Bonchev–Trinajstić information content (AvgIpc) is 3.56. The number of amides is 1. The van der Waals surface area contributed by atoms with E-state index in [2.05, 4.69) is 20.5 Å². The molecule has 0 aliphatic rings. The van der Waals surface area contributed by atoms with Crippen molar-refractivity contribution in [3.8, 4) is 22.8 Å². The zero-order valence-corrected chi connectivity index (χ0v) is 21.4. The molecule has 0 fully saturated rings. The normalized spacial score (nSPS) is 10.9. The summed E-state index contributed by atoms with van der Waals surface area (Å²) in [6, 6.07) is 23.7. The standard InChI is InChI=1S/C27H22FN5O2S2/c1-35-22-13-9-19(10-14-22)25-31-32-27(33(25)21-5-3-2-4-6-21)36-17-24(34)30-26-29-16-23(37-26)15-18-7-11-20(28)12-8-18/h2-14,16H,15,17H2,1H3,(H,29,30,34). The van der Waals surface area contributed by atoms with Gasteiger partial charge in [-0.1, -0.05) is 42.1 Å². The minimum atomic E-state index is -0.266. The third-order valence-electron chi connectivity index (χ3n) is 5.42. The largest absolute Gasteiger partial charge is 0.497 e. The van der Waals surface area contributed by atoms with Crippen molar-refractivity contribution in [3.05, 3.63) is 101 Å². The fourth-order valence-corrected chi connectivity index (χ4v) is 5.25. The Bertz CT molecular complexity index is 1490. The summed E-state index contributed by atoms with van der Waals surface area (Å²) in [7, 11) is 1.62. The summed E-state index contributed by atoms with van der Waals surface area (Å²) in [5.74, 6) is 1.10. The van der Waals surface area contributed by atoms with Gasteiger partial charge in [0.2, 0.25) is 5.91 Å². The molecule has 7 nitrogen and oxygen atoms in total. The number of carbonyl (C=O) groups is 1. The second-order valence-electron chi connectivity index (χ2n) is 7.98. The van der Waals surface area contributed by atoms with Gasteiger partial charge in [-0.15, -0.1) is 21.5 Å². The molecule has 0 unspecified atom stereocenters.